The van der Waals surface area contributed by atoms with Crippen LogP contribution in [0.1, 0.15) is 85.6 Å². The van der Waals surface area contributed by atoms with Gasteiger partial charge in [-0.15, -0.1) is 0 Å². The number of hydrogen-bond acceptors (Lipinski definition) is 3. The molecule has 1 radical (unpaired) electrons. The molecule has 0 atom stereocenters. The lowest BCUT2D eigenvalue weighted by Gasteiger charge is -2.36. The summed E-state index contributed by atoms with van der Waals surface area (Å²) in [6.45, 7) is 24.3. The fourth-order valence-electron chi connectivity index (χ4n) is 4.20. The van der Waals surface area contributed by atoms with Crippen molar-refractivity contribution in [2.45, 2.75) is 80.1 Å². The predicted molar refractivity (Wildman–Crippen MR) is 134 cm³/mol. The van der Waals surface area contributed by atoms with Crippen LogP contribution in [0.4, 0.5) is 17.1 Å². The molecule has 0 N–H and O–H groups in total. The molecule has 0 heterocycles. The van der Waals surface area contributed by atoms with Gasteiger partial charge < -0.3 is 14.7 Å². The molecule has 1 rings (SSSR count). The number of hydrogen-bond donors (Lipinski definition) is 0. The van der Waals surface area contributed by atoms with Gasteiger partial charge in [0.05, 0.1) is 11.4 Å². The van der Waals surface area contributed by atoms with E-state index in [1.165, 1.54) is 22.6 Å². The van der Waals surface area contributed by atoms with E-state index in [0.29, 0.717) is 0 Å². The molecule has 0 amide bonds. The molecule has 0 saturated heterocycles. The minimum atomic E-state index is 1.08. The van der Waals surface area contributed by atoms with E-state index in [9.17, 15) is 0 Å². The highest BCUT2D eigenvalue weighted by molar-refractivity contribution is 5.88. The van der Waals surface area contributed by atoms with Crippen LogP contribution in [0.3, 0.4) is 0 Å². The average molecular weight is 401 g/mol. The summed E-state index contributed by atoms with van der Waals surface area (Å²) in [6, 6.07) is 5.97. The normalized spacial score (nSPS) is 10.8. The Morgan fingerprint density at radius 2 is 1.10 bits per heavy atom. The average Bonchev–Trinajstić information content (AvgIpc) is 2.72. The van der Waals surface area contributed by atoms with Crippen molar-refractivity contribution in [2.24, 2.45) is 0 Å². The summed E-state index contributed by atoms with van der Waals surface area (Å²) < 4.78 is 0. The van der Waals surface area contributed by atoms with Crippen molar-refractivity contribution >= 4 is 23.1 Å². The van der Waals surface area contributed by atoms with Gasteiger partial charge >= 0.3 is 0 Å². The van der Waals surface area contributed by atoms with Crippen LogP contribution >= 0.6 is 0 Å². The Hall–Kier alpha value is -1.64. The molecule has 165 valence electrons. The molecular weight excluding hydrogens is 354 g/mol. The molecule has 1 aromatic carbocycles. The summed E-state index contributed by atoms with van der Waals surface area (Å²) in [5.41, 5.74) is 5.20. The van der Waals surface area contributed by atoms with E-state index < -0.39 is 0 Å². The van der Waals surface area contributed by atoms with Gasteiger partial charge in [0.1, 0.15) is 0 Å². The Kier molecular flexibility index (Phi) is 12.6. The first-order chi connectivity index (χ1) is 14.1. The van der Waals surface area contributed by atoms with E-state index in [1.807, 2.05) is 0 Å². The lowest BCUT2D eigenvalue weighted by Crippen LogP contribution is -2.33. The Morgan fingerprint density at radius 3 is 1.52 bits per heavy atom. The van der Waals surface area contributed by atoms with Crippen molar-refractivity contribution in [3.63, 3.8) is 0 Å². The fourth-order valence-corrected chi connectivity index (χ4v) is 4.20. The minimum absolute atomic E-state index is 1.08. The highest BCUT2D eigenvalue weighted by Crippen LogP contribution is 2.40. The van der Waals surface area contributed by atoms with E-state index in [1.54, 1.807) is 0 Å². The van der Waals surface area contributed by atoms with Gasteiger partial charge in [0.25, 0.3) is 0 Å². The maximum absolute atomic E-state index is 4.26. The van der Waals surface area contributed by atoms with Gasteiger partial charge in [0.15, 0.2) is 0 Å². The molecule has 0 fully saturated rings. The van der Waals surface area contributed by atoms with E-state index in [-0.39, 0.29) is 0 Å². The van der Waals surface area contributed by atoms with E-state index in [4.69, 9.17) is 0 Å². The maximum atomic E-state index is 4.26. The number of anilines is 3. The second kappa shape index (κ2) is 14.4. The second-order valence-electron chi connectivity index (χ2n) is 7.95. The third-order valence-electron chi connectivity index (χ3n) is 5.24. The summed E-state index contributed by atoms with van der Waals surface area (Å²) in [7, 11) is 0. The summed E-state index contributed by atoms with van der Waals surface area (Å²) in [5, 5.41) is 0. The van der Waals surface area contributed by atoms with Crippen LogP contribution in [0.5, 0.6) is 0 Å². The lowest BCUT2D eigenvalue weighted by atomic mass is 10.0. The van der Waals surface area contributed by atoms with Gasteiger partial charge in [-0.25, -0.2) is 0 Å². The van der Waals surface area contributed by atoms with Crippen molar-refractivity contribution in [1.29, 1.82) is 0 Å². The summed E-state index contributed by atoms with van der Waals surface area (Å²) in [5.74, 6) is 0. The van der Waals surface area contributed by atoms with Gasteiger partial charge in [-0.2, -0.15) is 0 Å². The van der Waals surface area contributed by atoms with Crippen LogP contribution in [0.15, 0.2) is 12.6 Å². The maximum Gasteiger partial charge on any atom is 0.0704 e. The molecule has 0 aromatic heterocycles. The number of rotatable bonds is 16. The summed E-state index contributed by atoms with van der Waals surface area (Å²) in [6.07, 6.45) is 8.99. The predicted octanol–water partition coefficient (Wildman–Crippen LogP) is 7.01. The van der Waals surface area contributed by atoms with Crippen LogP contribution < -0.4 is 14.7 Å². The monoisotopic (exact) mass is 400 g/mol. The van der Waals surface area contributed by atoms with Crippen LogP contribution in [-0.2, 0) is 0 Å². The van der Waals surface area contributed by atoms with Crippen LogP contribution in [-0.4, -0.2) is 39.3 Å². The molecule has 0 aliphatic heterocycles. The zero-order valence-electron chi connectivity index (χ0n) is 20.2. The minimum Gasteiger partial charge on any atom is -0.371 e. The topological polar surface area (TPSA) is 9.72 Å². The zero-order valence-corrected chi connectivity index (χ0v) is 20.2. The third kappa shape index (κ3) is 6.97. The third-order valence-corrected chi connectivity index (χ3v) is 5.24. The fraction of sp³-hybridized carbons (Fsp3) is 0.692. The van der Waals surface area contributed by atoms with Crippen molar-refractivity contribution in [2.75, 3.05) is 54.0 Å². The first kappa shape index (κ1) is 25.4. The summed E-state index contributed by atoms with van der Waals surface area (Å²) in [4.78, 5) is 7.65. The van der Waals surface area contributed by atoms with E-state index in [2.05, 4.69) is 81.0 Å². The molecule has 0 bridgehead atoms. The first-order valence-electron chi connectivity index (χ1n) is 12.1. The number of benzene rings is 1. The van der Waals surface area contributed by atoms with Crippen LogP contribution in [0, 0.1) is 6.07 Å². The van der Waals surface area contributed by atoms with Crippen molar-refractivity contribution in [3.8, 4) is 0 Å². The Balaban J connectivity index is 3.69. The van der Waals surface area contributed by atoms with Crippen molar-refractivity contribution in [3.05, 3.63) is 24.3 Å². The SMILES string of the molecule is C=Cc1c(N(CCC)CCC)c[c]c(N(CCC)CCC)c1N(CCC)CCC. The molecule has 1 aromatic rings. The molecule has 0 unspecified atom stereocenters. The Labute approximate surface area is 181 Å². The molecular formula is C26H46N3. The zero-order chi connectivity index (χ0) is 21.6. The van der Waals surface area contributed by atoms with E-state index >= 15 is 0 Å². The molecule has 3 heteroatoms. The first-order valence-corrected chi connectivity index (χ1v) is 12.1. The van der Waals surface area contributed by atoms with Crippen molar-refractivity contribution < 1.29 is 0 Å². The Bertz CT molecular complexity index is 564. The van der Waals surface area contributed by atoms with Gasteiger partial charge in [-0.05, 0) is 44.6 Å². The van der Waals surface area contributed by atoms with Gasteiger partial charge in [-0.3, -0.25) is 0 Å². The lowest BCUT2D eigenvalue weighted by molar-refractivity contribution is 0.718. The largest absolute Gasteiger partial charge is 0.371 e. The summed E-state index contributed by atoms with van der Waals surface area (Å²) >= 11 is 0. The highest BCUT2D eigenvalue weighted by Gasteiger charge is 2.22. The molecule has 0 saturated carbocycles. The molecule has 0 spiro atoms. The highest BCUT2D eigenvalue weighted by atomic mass is 15.2. The molecule has 0 aliphatic rings. The number of nitrogens with zero attached hydrogens (tertiary/aromatic N) is 3. The van der Waals surface area contributed by atoms with Crippen LogP contribution in [0.2, 0.25) is 0 Å². The smallest absolute Gasteiger partial charge is 0.0704 e. The van der Waals surface area contributed by atoms with E-state index in [0.717, 1.165) is 77.8 Å². The quantitative estimate of drug-likeness (QED) is 0.295. The van der Waals surface area contributed by atoms with Gasteiger partial charge in [-0.1, -0.05) is 54.2 Å². The van der Waals surface area contributed by atoms with Crippen molar-refractivity contribution in [1.82, 2.24) is 0 Å². The van der Waals surface area contributed by atoms with Gasteiger partial charge in [0, 0.05) is 56.6 Å². The second-order valence-corrected chi connectivity index (χ2v) is 7.95. The molecule has 29 heavy (non-hydrogen) atoms. The standard InChI is InChI=1S/C26H46N3/c1-8-17-27(18-9-2)24-15-16-25(28(19-10-3)20-11-4)26(23(24)14-7)29(21-12-5)22-13-6/h14-15H,7-13,17-22H2,1-6H3. The molecule has 0 aliphatic carbocycles. The molecule has 3 nitrogen and oxygen atoms in total. The van der Waals surface area contributed by atoms with Crippen LogP contribution in [0.25, 0.3) is 6.08 Å². The Morgan fingerprint density at radius 1 is 0.690 bits per heavy atom. The van der Waals surface area contributed by atoms with Gasteiger partial charge in [0.2, 0.25) is 0 Å².